The lowest BCUT2D eigenvalue weighted by molar-refractivity contribution is -0.142. The van der Waals surface area contributed by atoms with Gasteiger partial charge in [-0.05, 0) is 17.0 Å². The molecule has 0 bridgehead atoms. The smallest absolute Gasteiger partial charge is 0.228 e. The predicted molar refractivity (Wildman–Crippen MR) is 108 cm³/mol. The maximum absolute atomic E-state index is 13.7. The molecule has 4 aromatic rings. The number of fused-ring (bicyclic) bond motifs is 1. The maximum Gasteiger partial charge on any atom is 0.433 e. The molecule has 0 spiro atoms. The second-order valence-electron chi connectivity index (χ2n) is 8.02. The van der Waals surface area contributed by atoms with Crippen molar-refractivity contribution in [2.45, 2.75) is 32.4 Å². The summed E-state index contributed by atoms with van der Waals surface area (Å²) in [7, 11) is 0. The van der Waals surface area contributed by atoms with Gasteiger partial charge in [-0.2, -0.15) is 18.3 Å². The highest BCUT2D eigenvalue weighted by Crippen LogP contribution is 2.33. The predicted octanol–water partition coefficient (Wildman–Crippen LogP) is 6.38. The topological polar surface area (TPSA) is 30.2 Å². The zero-order chi connectivity index (χ0) is 20.8. The van der Waals surface area contributed by atoms with E-state index in [2.05, 4.69) is 30.9 Å². The van der Waals surface area contributed by atoms with Gasteiger partial charge in [-0.3, -0.25) is 0 Å². The Morgan fingerprint density at radius 1 is 0.759 bits per heavy atom. The zero-order valence-corrected chi connectivity index (χ0v) is 16.3. The number of benzene rings is 2. The molecule has 0 atom stereocenters. The maximum atomic E-state index is 13.7. The van der Waals surface area contributed by atoms with Crippen molar-refractivity contribution < 1.29 is 13.2 Å². The minimum Gasteiger partial charge on any atom is -0.228 e. The average molecular weight is 395 g/mol. The molecule has 0 aliphatic rings. The van der Waals surface area contributed by atoms with Crippen LogP contribution in [-0.2, 0) is 11.6 Å². The molecule has 0 fully saturated rings. The van der Waals surface area contributed by atoms with Gasteiger partial charge in [0.05, 0.1) is 11.4 Å². The van der Waals surface area contributed by atoms with E-state index in [1.54, 1.807) is 30.3 Å². The summed E-state index contributed by atoms with van der Waals surface area (Å²) < 4.78 is 42.0. The third-order valence-electron chi connectivity index (χ3n) is 4.83. The summed E-state index contributed by atoms with van der Waals surface area (Å²) in [6.07, 6.45) is -4.55. The van der Waals surface area contributed by atoms with Gasteiger partial charge in [0.1, 0.15) is 0 Å². The summed E-state index contributed by atoms with van der Waals surface area (Å²) in [5.74, 6) is 0. The fraction of sp³-hybridized carbons (Fsp3) is 0.217. The van der Waals surface area contributed by atoms with Crippen LogP contribution in [0.2, 0.25) is 0 Å². The average Bonchev–Trinajstić information content (AvgIpc) is 3.10. The minimum atomic E-state index is -4.55. The van der Waals surface area contributed by atoms with Gasteiger partial charge in [0.2, 0.25) is 0 Å². The van der Waals surface area contributed by atoms with Crippen LogP contribution >= 0.6 is 0 Å². The van der Waals surface area contributed by atoms with E-state index in [0.29, 0.717) is 11.3 Å². The Bertz CT molecular complexity index is 1150. The van der Waals surface area contributed by atoms with E-state index in [-0.39, 0.29) is 16.8 Å². The molecule has 0 saturated carbocycles. The SMILES string of the molecule is CC(C)(C)c1ccc(-c2cc3nc(-c4ccccc4)cc(C(F)(F)F)n3n2)cc1. The number of hydrogen-bond acceptors (Lipinski definition) is 2. The molecular formula is C23H20F3N3. The molecule has 0 saturated heterocycles. The van der Waals surface area contributed by atoms with Crippen molar-refractivity contribution in [3.63, 3.8) is 0 Å². The van der Waals surface area contributed by atoms with Crippen molar-refractivity contribution in [3.05, 3.63) is 78.0 Å². The molecule has 0 amide bonds. The van der Waals surface area contributed by atoms with Crippen molar-refractivity contribution in [1.82, 2.24) is 14.6 Å². The minimum absolute atomic E-state index is 0.00691. The third kappa shape index (κ3) is 3.75. The normalized spacial score (nSPS) is 12.5. The van der Waals surface area contributed by atoms with Crippen LogP contribution in [0.25, 0.3) is 28.2 Å². The van der Waals surface area contributed by atoms with Crippen LogP contribution < -0.4 is 0 Å². The summed E-state index contributed by atoms with van der Waals surface area (Å²) in [6.45, 7) is 6.33. The van der Waals surface area contributed by atoms with Gasteiger partial charge >= 0.3 is 6.18 Å². The number of hydrogen-bond donors (Lipinski definition) is 0. The first-order valence-corrected chi connectivity index (χ1v) is 9.27. The number of aromatic nitrogens is 3. The monoisotopic (exact) mass is 395 g/mol. The largest absolute Gasteiger partial charge is 0.433 e. The summed E-state index contributed by atoms with van der Waals surface area (Å²) in [5, 5.41) is 4.21. The van der Waals surface area contributed by atoms with E-state index in [1.807, 2.05) is 30.3 Å². The molecule has 0 N–H and O–H groups in total. The van der Waals surface area contributed by atoms with Crippen LogP contribution in [0.1, 0.15) is 32.0 Å². The second-order valence-corrected chi connectivity index (χ2v) is 8.02. The molecule has 148 valence electrons. The van der Waals surface area contributed by atoms with E-state index in [9.17, 15) is 13.2 Å². The first-order chi connectivity index (χ1) is 13.6. The van der Waals surface area contributed by atoms with Crippen LogP contribution in [0, 0.1) is 0 Å². The second kappa shape index (κ2) is 6.72. The molecule has 0 aliphatic heterocycles. The lowest BCUT2D eigenvalue weighted by Crippen LogP contribution is -2.13. The van der Waals surface area contributed by atoms with Crippen LogP contribution in [0.3, 0.4) is 0 Å². The Hall–Kier alpha value is -3.15. The lowest BCUT2D eigenvalue weighted by atomic mass is 9.86. The van der Waals surface area contributed by atoms with E-state index in [4.69, 9.17) is 0 Å². The van der Waals surface area contributed by atoms with Gasteiger partial charge in [-0.15, -0.1) is 0 Å². The van der Waals surface area contributed by atoms with Crippen LogP contribution in [0.15, 0.2) is 66.7 Å². The van der Waals surface area contributed by atoms with Crippen molar-refractivity contribution >= 4 is 5.65 Å². The molecule has 6 heteroatoms. The zero-order valence-electron chi connectivity index (χ0n) is 16.3. The standard InChI is InChI=1S/C23H20F3N3/c1-22(2,3)17-11-9-16(10-12-17)19-14-21-27-18(15-7-5-4-6-8-15)13-20(23(24,25)26)29(21)28-19/h4-14H,1-3H3. The number of alkyl halides is 3. The Balaban J connectivity index is 1.86. The van der Waals surface area contributed by atoms with Crippen LogP contribution in [0.5, 0.6) is 0 Å². The number of nitrogens with zero attached hydrogens (tertiary/aromatic N) is 3. The highest BCUT2D eigenvalue weighted by molar-refractivity contribution is 5.68. The summed E-state index contributed by atoms with van der Waals surface area (Å²) in [6, 6.07) is 19.2. The Morgan fingerprint density at radius 2 is 1.38 bits per heavy atom. The molecule has 0 unspecified atom stereocenters. The fourth-order valence-corrected chi connectivity index (χ4v) is 3.22. The van der Waals surface area contributed by atoms with Crippen LogP contribution in [0.4, 0.5) is 13.2 Å². The van der Waals surface area contributed by atoms with Gasteiger partial charge in [-0.1, -0.05) is 75.4 Å². The number of rotatable bonds is 2. The highest BCUT2D eigenvalue weighted by Gasteiger charge is 2.35. The van der Waals surface area contributed by atoms with E-state index in [0.717, 1.165) is 21.7 Å². The quantitative estimate of drug-likeness (QED) is 0.394. The van der Waals surface area contributed by atoms with E-state index < -0.39 is 11.9 Å². The van der Waals surface area contributed by atoms with Crippen LogP contribution in [-0.4, -0.2) is 14.6 Å². The van der Waals surface area contributed by atoms with Gasteiger partial charge in [0, 0.05) is 17.2 Å². The molecule has 2 aromatic heterocycles. The van der Waals surface area contributed by atoms with Crippen molar-refractivity contribution in [1.29, 1.82) is 0 Å². The van der Waals surface area contributed by atoms with Gasteiger partial charge in [-0.25, -0.2) is 9.50 Å². The molecule has 3 nitrogen and oxygen atoms in total. The first-order valence-electron chi connectivity index (χ1n) is 9.27. The third-order valence-corrected chi connectivity index (χ3v) is 4.83. The number of halogens is 3. The van der Waals surface area contributed by atoms with Crippen molar-refractivity contribution in [3.8, 4) is 22.5 Å². The van der Waals surface area contributed by atoms with Crippen molar-refractivity contribution in [2.75, 3.05) is 0 Å². The summed E-state index contributed by atoms with van der Waals surface area (Å²) in [4.78, 5) is 4.42. The van der Waals surface area contributed by atoms with Gasteiger partial charge < -0.3 is 0 Å². The van der Waals surface area contributed by atoms with Gasteiger partial charge in [0.25, 0.3) is 0 Å². The Morgan fingerprint density at radius 3 is 1.97 bits per heavy atom. The molecule has 2 heterocycles. The van der Waals surface area contributed by atoms with Gasteiger partial charge in [0.15, 0.2) is 11.3 Å². The lowest BCUT2D eigenvalue weighted by Gasteiger charge is -2.18. The van der Waals surface area contributed by atoms with E-state index in [1.165, 1.54) is 0 Å². The Kier molecular flexibility index (Phi) is 4.45. The van der Waals surface area contributed by atoms with Crippen molar-refractivity contribution in [2.24, 2.45) is 0 Å². The summed E-state index contributed by atoms with van der Waals surface area (Å²) >= 11 is 0. The highest BCUT2D eigenvalue weighted by atomic mass is 19.4. The molecule has 0 aliphatic carbocycles. The first kappa shape index (κ1) is 19.2. The Labute approximate surface area is 166 Å². The molecule has 29 heavy (non-hydrogen) atoms. The van der Waals surface area contributed by atoms with E-state index >= 15 is 0 Å². The molecule has 2 aromatic carbocycles. The molecular weight excluding hydrogens is 375 g/mol. The molecule has 4 rings (SSSR count). The summed E-state index contributed by atoms with van der Waals surface area (Å²) in [5.41, 5.74) is 2.54. The molecule has 0 radical (unpaired) electrons. The fourth-order valence-electron chi connectivity index (χ4n) is 3.22.